The molecule has 3 unspecified atom stereocenters. The summed E-state index contributed by atoms with van der Waals surface area (Å²) in [5.74, 6) is 1.56. The molecule has 0 radical (unpaired) electrons. The van der Waals surface area contributed by atoms with E-state index in [9.17, 15) is 4.79 Å². The van der Waals surface area contributed by atoms with E-state index >= 15 is 0 Å². The van der Waals surface area contributed by atoms with Crippen LogP contribution in [0.2, 0.25) is 0 Å². The first-order chi connectivity index (χ1) is 5.65. The highest BCUT2D eigenvalue weighted by atomic mass is 32.2. The number of carbonyl (C=O) groups excluding carboxylic acids is 1. The maximum atomic E-state index is 11.1. The normalized spacial score (nSPS) is 31.9. The highest BCUT2D eigenvalue weighted by molar-refractivity contribution is 7.99. The topological polar surface area (TPSA) is 17.1 Å². The van der Waals surface area contributed by atoms with Crippen molar-refractivity contribution in [1.29, 1.82) is 0 Å². The largest absolute Gasteiger partial charge is 0.300 e. The van der Waals surface area contributed by atoms with Gasteiger partial charge in [0.2, 0.25) is 0 Å². The van der Waals surface area contributed by atoms with Crippen LogP contribution in [0, 0.1) is 11.8 Å². The zero-order chi connectivity index (χ0) is 9.14. The van der Waals surface area contributed by atoms with Gasteiger partial charge in [-0.15, -0.1) is 0 Å². The molecule has 1 nitrogen and oxygen atoms in total. The Bertz CT molecular complexity index is 167. The smallest absolute Gasteiger partial charge is 0.132 e. The maximum Gasteiger partial charge on any atom is 0.132 e. The van der Waals surface area contributed by atoms with Crippen LogP contribution < -0.4 is 0 Å². The number of ketones is 1. The summed E-state index contributed by atoms with van der Waals surface area (Å²) in [4.78, 5) is 11.1. The van der Waals surface area contributed by atoms with Crippen molar-refractivity contribution >= 4 is 17.5 Å². The van der Waals surface area contributed by atoms with Gasteiger partial charge in [0.05, 0.1) is 0 Å². The molecule has 2 heteroatoms. The lowest BCUT2D eigenvalue weighted by atomic mass is 10.00. The van der Waals surface area contributed by atoms with Crippen LogP contribution in [-0.2, 0) is 4.79 Å². The number of hydrogen-bond donors (Lipinski definition) is 0. The van der Waals surface area contributed by atoms with Crippen molar-refractivity contribution in [3.63, 3.8) is 0 Å². The Balaban J connectivity index is 2.40. The van der Waals surface area contributed by atoms with Gasteiger partial charge in [-0.05, 0) is 38.4 Å². The number of rotatable bonds is 3. The molecule has 1 fully saturated rings. The molecule has 70 valence electrons. The maximum absolute atomic E-state index is 11.1. The number of thioether (sulfide) groups is 1. The average molecular weight is 186 g/mol. The van der Waals surface area contributed by atoms with E-state index < -0.39 is 0 Å². The van der Waals surface area contributed by atoms with E-state index in [4.69, 9.17) is 0 Å². The van der Waals surface area contributed by atoms with Crippen LogP contribution in [0.4, 0.5) is 0 Å². The predicted molar refractivity (Wildman–Crippen MR) is 54.5 cm³/mol. The van der Waals surface area contributed by atoms with Crippen LogP contribution in [0.3, 0.4) is 0 Å². The van der Waals surface area contributed by atoms with Crippen LogP contribution in [-0.4, -0.2) is 17.3 Å². The molecule has 0 bridgehead atoms. The lowest BCUT2D eigenvalue weighted by Crippen LogP contribution is -2.12. The molecule has 0 aromatic heterocycles. The van der Waals surface area contributed by atoms with Crippen molar-refractivity contribution in [2.75, 3.05) is 6.26 Å². The molecule has 12 heavy (non-hydrogen) atoms. The first kappa shape index (κ1) is 10.1. The molecule has 0 amide bonds. The van der Waals surface area contributed by atoms with Gasteiger partial charge in [-0.25, -0.2) is 0 Å². The fourth-order valence-corrected chi connectivity index (χ4v) is 2.64. The summed E-state index contributed by atoms with van der Waals surface area (Å²) >= 11 is 1.92. The van der Waals surface area contributed by atoms with Gasteiger partial charge in [0.1, 0.15) is 5.78 Å². The molecule has 0 saturated heterocycles. The van der Waals surface area contributed by atoms with Crippen molar-refractivity contribution in [3.05, 3.63) is 0 Å². The van der Waals surface area contributed by atoms with E-state index in [1.807, 2.05) is 11.8 Å². The second-order valence-corrected chi connectivity index (χ2v) is 5.04. The molecule has 1 saturated carbocycles. The Kier molecular flexibility index (Phi) is 3.63. The Labute approximate surface area is 79.3 Å². The van der Waals surface area contributed by atoms with E-state index in [1.165, 1.54) is 6.42 Å². The van der Waals surface area contributed by atoms with E-state index in [0.29, 0.717) is 11.7 Å². The SMILES string of the molecule is CSC(C)C1CCC(C(C)=O)C1. The van der Waals surface area contributed by atoms with Gasteiger partial charge in [-0.3, -0.25) is 4.79 Å². The molecule has 0 aromatic carbocycles. The van der Waals surface area contributed by atoms with Crippen LogP contribution in [0.1, 0.15) is 33.1 Å². The second-order valence-electron chi connectivity index (χ2n) is 3.82. The quantitative estimate of drug-likeness (QED) is 0.674. The molecule has 0 aromatic rings. The summed E-state index contributed by atoms with van der Waals surface area (Å²) in [6.45, 7) is 4.01. The summed E-state index contributed by atoms with van der Waals surface area (Å²) < 4.78 is 0. The van der Waals surface area contributed by atoms with Crippen LogP contribution in [0.5, 0.6) is 0 Å². The Morgan fingerprint density at radius 2 is 2.17 bits per heavy atom. The van der Waals surface area contributed by atoms with Gasteiger partial charge in [0, 0.05) is 11.2 Å². The summed E-state index contributed by atoms with van der Waals surface area (Å²) in [6, 6.07) is 0. The number of Topliss-reactive ketones (excluding diaryl/α,β-unsaturated/α-hetero) is 1. The molecule has 1 aliphatic rings. The van der Waals surface area contributed by atoms with Gasteiger partial charge in [-0.2, -0.15) is 11.8 Å². The summed E-state index contributed by atoms with van der Waals surface area (Å²) in [5.41, 5.74) is 0. The molecular formula is C10H18OS. The summed E-state index contributed by atoms with van der Waals surface area (Å²) in [7, 11) is 0. The van der Waals surface area contributed by atoms with E-state index in [-0.39, 0.29) is 0 Å². The van der Waals surface area contributed by atoms with Gasteiger partial charge < -0.3 is 0 Å². The highest BCUT2D eigenvalue weighted by Gasteiger charge is 2.30. The van der Waals surface area contributed by atoms with Gasteiger partial charge in [0.15, 0.2) is 0 Å². The highest BCUT2D eigenvalue weighted by Crippen LogP contribution is 2.36. The standard InChI is InChI=1S/C10H18OS/c1-7(11)9-4-5-10(6-9)8(2)12-3/h8-10H,4-6H2,1-3H3. The molecule has 0 aliphatic heterocycles. The van der Waals surface area contributed by atoms with Crippen molar-refractivity contribution in [2.45, 2.75) is 38.4 Å². The molecule has 0 spiro atoms. The lowest BCUT2D eigenvalue weighted by molar-refractivity contribution is -0.120. The molecule has 3 atom stereocenters. The van der Waals surface area contributed by atoms with Crippen molar-refractivity contribution in [2.24, 2.45) is 11.8 Å². The number of carbonyl (C=O) groups is 1. The Hall–Kier alpha value is 0.0200. The molecule has 0 N–H and O–H groups in total. The van der Waals surface area contributed by atoms with Crippen LogP contribution in [0.25, 0.3) is 0 Å². The Morgan fingerprint density at radius 3 is 2.58 bits per heavy atom. The van der Waals surface area contributed by atoms with E-state index in [1.54, 1.807) is 6.92 Å². The third kappa shape index (κ3) is 2.25. The average Bonchev–Trinajstić information content (AvgIpc) is 2.51. The first-order valence-electron chi connectivity index (χ1n) is 4.68. The third-order valence-electron chi connectivity index (χ3n) is 3.08. The van der Waals surface area contributed by atoms with Gasteiger partial charge >= 0.3 is 0 Å². The zero-order valence-corrected chi connectivity index (χ0v) is 8.99. The molecule has 1 aliphatic carbocycles. The van der Waals surface area contributed by atoms with Gasteiger partial charge in [-0.1, -0.05) is 6.92 Å². The molecular weight excluding hydrogens is 168 g/mol. The fraction of sp³-hybridized carbons (Fsp3) is 0.900. The van der Waals surface area contributed by atoms with Crippen LogP contribution in [0.15, 0.2) is 0 Å². The monoisotopic (exact) mass is 186 g/mol. The minimum Gasteiger partial charge on any atom is -0.300 e. The van der Waals surface area contributed by atoms with E-state index in [0.717, 1.165) is 24.0 Å². The van der Waals surface area contributed by atoms with Crippen molar-refractivity contribution in [3.8, 4) is 0 Å². The second kappa shape index (κ2) is 4.31. The zero-order valence-electron chi connectivity index (χ0n) is 8.17. The third-order valence-corrected chi connectivity index (χ3v) is 4.21. The minimum atomic E-state index is 0.379. The minimum absolute atomic E-state index is 0.379. The predicted octanol–water partition coefficient (Wildman–Crippen LogP) is 2.74. The van der Waals surface area contributed by atoms with Crippen molar-refractivity contribution in [1.82, 2.24) is 0 Å². The molecule has 1 rings (SSSR count). The summed E-state index contributed by atoms with van der Waals surface area (Å²) in [6.07, 6.45) is 5.68. The summed E-state index contributed by atoms with van der Waals surface area (Å²) in [5, 5.41) is 0.731. The first-order valence-corrected chi connectivity index (χ1v) is 5.97. The van der Waals surface area contributed by atoms with E-state index in [2.05, 4.69) is 13.2 Å². The van der Waals surface area contributed by atoms with Crippen LogP contribution >= 0.6 is 11.8 Å². The Morgan fingerprint density at radius 1 is 1.50 bits per heavy atom. The van der Waals surface area contributed by atoms with Crippen molar-refractivity contribution < 1.29 is 4.79 Å². The fourth-order valence-electron chi connectivity index (χ4n) is 2.00. The van der Waals surface area contributed by atoms with Gasteiger partial charge in [0.25, 0.3) is 0 Å². The molecule has 0 heterocycles. The lowest BCUT2D eigenvalue weighted by Gasteiger charge is -2.16. The number of hydrogen-bond acceptors (Lipinski definition) is 2.